The van der Waals surface area contributed by atoms with Crippen LogP contribution in [0.15, 0.2) is 36.4 Å². The molecule has 18 heavy (non-hydrogen) atoms. The molecule has 0 aliphatic heterocycles. The van der Waals surface area contributed by atoms with Crippen LogP contribution in [0, 0.1) is 0 Å². The number of ketones is 1. The van der Waals surface area contributed by atoms with Gasteiger partial charge in [0.15, 0.2) is 5.78 Å². The zero-order valence-electron chi connectivity index (χ0n) is 11.4. The number of allylic oxidation sites excluding steroid dienone is 1. The Morgan fingerprint density at radius 1 is 1.00 bits per heavy atom. The Morgan fingerprint density at radius 2 is 1.67 bits per heavy atom. The third kappa shape index (κ3) is 7.05. The van der Waals surface area contributed by atoms with Crippen molar-refractivity contribution in [3.05, 3.63) is 42.0 Å². The highest BCUT2D eigenvalue weighted by Crippen LogP contribution is 2.08. The van der Waals surface area contributed by atoms with E-state index in [1.807, 2.05) is 36.4 Å². The fourth-order valence-electron chi connectivity index (χ4n) is 1.92. The Balaban J connectivity index is 2.12. The van der Waals surface area contributed by atoms with Crippen LogP contribution in [0.25, 0.3) is 6.08 Å². The molecular formula is C17H24O. The second-order valence-electron chi connectivity index (χ2n) is 4.73. The first-order valence-corrected chi connectivity index (χ1v) is 7.09. The lowest BCUT2D eigenvalue weighted by atomic mass is 10.1. The van der Waals surface area contributed by atoms with Gasteiger partial charge in [-0.05, 0) is 18.1 Å². The van der Waals surface area contributed by atoms with Crippen molar-refractivity contribution in [3.63, 3.8) is 0 Å². The lowest BCUT2D eigenvalue weighted by molar-refractivity contribution is -0.114. The van der Waals surface area contributed by atoms with Crippen LogP contribution < -0.4 is 0 Å². The van der Waals surface area contributed by atoms with Crippen LogP contribution in [0.1, 0.15) is 57.4 Å². The summed E-state index contributed by atoms with van der Waals surface area (Å²) in [4.78, 5) is 11.6. The predicted octanol–water partition coefficient (Wildman–Crippen LogP) is 5.02. The third-order valence-corrected chi connectivity index (χ3v) is 3.04. The van der Waals surface area contributed by atoms with Crippen molar-refractivity contribution >= 4 is 11.9 Å². The first-order valence-electron chi connectivity index (χ1n) is 7.09. The molecule has 0 amide bonds. The summed E-state index contributed by atoms with van der Waals surface area (Å²) in [5.74, 6) is 0.245. The van der Waals surface area contributed by atoms with Crippen molar-refractivity contribution < 1.29 is 4.79 Å². The molecule has 0 aliphatic rings. The number of benzene rings is 1. The number of unbranched alkanes of at least 4 members (excludes halogenated alkanes) is 5. The van der Waals surface area contributed by atoms with Crippen LogP contribution in [0.5, 0.6) is 0 Å². The van der Waals surface area contributed by atoms with Crippen molar-refractivity contribution in [2.24, 2.45) is 0 Å². The molecule has 0 heterocycles. The number of rotatable bonds is 9. The van der Waals surface area contributed by atoms with E-state index in [-0.39, 0.29) is 5.78 Å². The number of hydrogen-bond acceptors (Lipinski definition) is 1. The fraction of sp³-hybridized carbons (Fsp3) is 0.471. The van der Waals surface area contributed by atoms with Gasteiger partial charge < -0.3 is 0 Å². The molecule has 1 aromatic rings. The molecule has 0 bridgehead atoms. The van der Waals surface area contributed by atoms with Gasteiger partial charge in [-0.1, -0.05) is 75.4 Å². The maximum Gasteiger partial charge on any atom is 0.155 e. The molecule has 0 spiro atoms. The maximum atomic E-state index is 11.6. The summed E-state index contributed by atoms with van der Waals surface area (Å²) in [6.07, 6.45) is 11.7. The molecule has 1 rings (SSSR count). The average Bonchev–Trinajstić information content (AvgIpc) is 2.41. The Kier molecular flexibility index (Phi) is 7.87. The molecule has 0 N–H and O–H groups in total. The summed E-state index contributed by atoms with van der Waals surface area (Å²) >= 11 is 0. The minimum atomic E-state index is 0.245. The normalized spacial score (nSPS) is 10.9. The Bertz CT molecular complexity index is 351. The van der Waals surface area contributed by atoms with Crippen molar-refractivity contribution in [2.45, 2.75) is 51.9 Å². The van der Waals surface area contributed by atoms with Gasteiger partial charge in [0.2, 0.25) is 0 Å². The highest BCUT2D eigenvalue weighted by atomic mass is 16.1. The van der Waals surface area contributed by atoms with Crippen molar-refractivity contribution in [1.29, 1.82) is 0 Å². The quantitative estimate of drug-likeness (QED) is 0.440. The molecule has 0 fully saturated rings. The Hall–Kier alpha value is -1.37. The van der Waals surface area contributed by atoms with Gasteiger partial charge in [-0.3, -0.25) is 4.79 Å². The highest BCUT2D eigenvalue weighted by molar-refractivity contribution is 5.93. The van der Waals surface area contributed by atoms with E-state index in [0.717, 1.165) is 12.0 Å². The van der Waals surface area contributed by atoms with Gasteiger partial charge in [0.1, 0.15) is 0 Å². The van der Waals surface area contributed by atoms with Crippen LogP contribution in [-0.2, 0) is 4.79 Å². The van der Waals surface area contributed by atoms with Gasteiger partial charge in [-0.25, -0.2) is 0 Å². The highest BCUT2D eigenvalue weighted by Gasteiger charge is 1.97. The van der Waals surface area contributed by atoms with Gasteiger partial charge in [0.05, 0.1) is 0 Å². The molecule has 0 aliphatic carbocycles. The SMILES string of the molecule is CCCCCCCCC(=O)/C=C\c1ccccc1. The molecule has 0 aromatic heterocycles. The van der Waals surface area contributed by atoms with Crippen LogP contribution in [0.3, 0.4) is 0 Å². The fourth-order valence-corrected chi connectivity index (χ4v) is 1.92. The summed E-state index contributed by atoms with van der Waals surface area (Å²) in [5.41, 5.74) is 1.09. The molecule has 0 atom stereocenters. The van der Waals surface area contributed by atoms with E-state index in [4.69, 9.17) is 0 Å². The van der Waals surface area contributed by atoms with Crippen molar-refractivity contribution in [1.82, 2.24) is 0 Å². The number of carbonyl (C=O) groups excluding carboxylic acids is 1. The molecule has 0 unspecified atom stereocenters. The van der Waals surface area contributed by atoms with Gasteiger partial charge in [-0.15, -0.1) is 0 Å². The van der Waals surface area contributed by atoms with Crippen molar-refractivity contribution in [2.75, 3.05) is 0 Å². The first kappa shape index (κ1) is 14.7. The monoisotopic (exact) mass is 244 g/mol. The summed E-state index contributed by atoms with van der Waals surface area (Å²) in [5, 5.41) is 0. The van der Waals surface area contributed by atoms with Crippen LogP contribution >= 0.6 is 0 Å². The van der Waals surface area contributed by atoms with E-state index in [9.17, 15) is 4.79 Å². The largest absolute Gasteiger partial charge is 0.295 e. The number of carbonyl (C=O) groups is 1. The lowest BCUT2D eigenvalue weighted by Gasteiger charge is -1.98. The minimum Gasteiger partial charge on any atom is -0.295 e. The van der Waals surface area contributed by atoms with Crippen LogP contribution in [-0.4, -0.2) is 5.78 Å². The van der Waals surface area contributed by atoms with Gasteiger partial charge in [0.25, 0.3) is 0 Å². The molecule has 0 saturated heterocycles. The minimum absolute atomic E-state index is 0.245. The standard InChI is InChI=1S/C17H24O/c1-2-3-4-5-6-10-13-17(18)15-14-16-11-8-7-9-12-16/h7-9,11-12,14-15H,2-6,10,13H2,1H3/b15-14-. The van der Waals surface area contributed by atoms with E-state index in [1.54, 1.807) is 6.08 Å². The third-order valence-electron chi connectivity index (χ3n) is 3.04. The van der Waals surface area contributed by atoms with E-state index < -0.39 is 0 Å². The Morgan fingerprint density at radius 3 is 2.39 bits per heavy atom. The molecule has 98 valence electrons. The predicted molar refractivity (Wildman–Crippen MR) is 78.5 cm³/mol. The molecular weight excluding hydrogens is 220 g/mol. The van der Waals surface area contributed by atoms with E-state index >= 15 is 0 Å². The maximum absolute atomic E-state index is 11.6. The van der Waals surface area contributed by atoms with Crippen molar-refractivity contribution in [3.8, 4) is 0 Å². The van der Waals surface area contributed by atoms with E-state index in [2.05, 4.69) is 6.92 Å². The van der Waals surface area contributed by atoms with Gasteiger partial charge in [0, 0.05) is 6.42 Å². The van der Waals surface area contributed by atoms with Crippen LogP contribution in [0.4, 0.5) is 0 Å². The summed E-state index contributed by atoms with van der Waals surface area (Å²) in [7, 11) is 0. The number of hydrogen-bond donors (Lipinski definition) is 0. The summed E-state index contributed by atoms with van der Waals surface area (Å²) in [6, 6.07) is 9.97. The molecule has 0 saturated carbocycles. The average molecular weight is 244 g/mol. The smallest absolute Gasteiger partial charge is 0.155 e. The van der Waals surface area contributed by atoms with E-state index in [1.165, 1.54) is 32.1 Å². The zero-order valence-corrected chi connectivity index (χ0v) is 11.4. The van der Waals surface area contributed by atoms with Gasteiger partial charge in [-0.2, -0.15) is 0 Å². The van der Waals surface area contributed by atoms with E-state index in [0.29, 0.717) is 6.42 Å². The second-order valence-corrected chi connectivity index (χ2v) is 4.73. The van der Waals surface area contributed by atoms with Crippen LogP contribution in [0.2, 0.25) is 0 Å². The zero-order chi connectivity index (χ0) is 13.1. The summed E-state index contributed by atoms with van der Waals surface area (Å²) < 4.78 is 0. The first-order chi connectivity index (χ1) is 8.83. The molecule has 1 heteroatoms. The summed E-state index contributed by atoms with van der Waals surface area (Å²) in [6.45, 7) is 2.22. The molecule has 1 nitrogen and oxygen atoms in total. The molecule has 0 radical (unpaired) electrons. The topological polar surface area (TPSA) is 17.1 Å². The van der Waals surface area contributed by atoms with Gasteiger partial charge >= 0.3 is 0 Å². The molecule has 1 aromatic carbocycles. The lowest BCUT2D eigenvalue weighted by Crippen LogP contribution is -1.92. The Labute approximate surface area is 111 Å². The second kappa shape index (κ2) is 9.64.